The fraction of sp³-hybridized carbons (Fsp3) is 0.538. The third-order valence-electron chi connectivity index (χ3n) is 2.55. The number of aliphatic hydroxyl groups is 1. The smallest absolute Gasteiger partial charge is 0.120 e. The molecule has 0 saturated heterocycles. The van der Waals surface area contributed by atoms with Crippen LogP contribution in [0.4, 0.5) is 0 Å². The van der Waals surface area contributed by atoms with E-state index in [2.05, 4.69) is 19.2 Å². The lowest BCUT2D eigenvalue weighted by atomic mass is 10.2. The van der Waals surface area contributed by atoms with E-state index in [1.807, 2.05) is 12.1 Å². The summed E-state index contributed by atoms with van der Waals surface area (Å²) in [7, 11) is 0. The van der Waals surface area contributed by atoms with Crippen LogP contribution in [-0.2, 0) is 0 Å². The number of hydrogen-bond acceptors (Lipinski definition) is 3. The van der Waals surface area contributed by atoms with Crippen LogP contribution in [0.1, 0.15) is 20.3 Å². The molecule has 0 aromatic heterocycles. The van der Waals surface area contributed by atoms with E-state index in [1.165, 1.54) is 0 Å². The molecule has 0 aliphatic heterocycles. The lowest BCUT2D eigenvalue weighted by Crippen LogP contribution is -2.36. The Morgan fingerprint density at radius 2 is 2.24 bits per heavy atom. The lowest BCUT2D eigenvalue weighted by molar-refractivity contribution is 0.104. The molecule has 0 heterocycles. The fourth-order valence-corrected chi connectivity index (χ4v) is 1.47. The molecular weight excluding hydrogens is 238 g/mol. The van der Waals surface area contributed by atoms with E-state index in [9.17, 15) is 5.11 Å². The van der Waals surface area contributed by atoms with Gasteiger partial charge in [-0.25, -0.2) is 0 Å². The summed E-state index contributed by atoms with van der Waals surface area (Å²) in [6.45, 7) is 5.00. The minimum absolute atomic E-state index is 0.268. The first-order valence-corrected chi connectivity index (χ1v) is 6.29. The van der Waals surface area contributed by atoms with Gasteiger partial charge in [0, 0.05) is 17.6 Å². The number of benzene rings is 1. The molecule has 1 aromatic carbocycles. The summed E-state index contributed by atoms with van der Waals surface area (Å²) >= 11 is 5.83. The van der Waals surface area contributed by atoms with Crippen LogP contribution < -0.4 is 10.1 Å². The third kappa shape index (κ3) is 5.91. The van der Waals surface area contributed by atoms with Crippen molar-refractivity contribution in [3.05, 3.63) is 29.3 Å². The molecular formula is C13H20ClNO2. The molecule has 0 radical (unpaired) electrons. The molecule has 0 saturated carbocycles. The first-order chi connectivity index (χ1) is 8.11. The maximum absolute atomic E-state index is 9.70. The average Bonchev–Trinajstić information content (AvgIpc) is 2.33. The molecule has 96 valence electrons. The Kier molecular flexibility index (Phi) is 6.34. The highest BCUT2D eigenvalue weighted by Gasteiger charge is 2.07. The van der Waals surface area contributed by atoms with Crippen LogP contribution in [0, 0.1) is 0 Å². The third-order valence-corrected chi connectivity index (χ3v) is 2.79. The van der Waals surface area contributed by atoms with Gasteiger partial charge in [-0.15, -0.1) is 0 Å². The van der Waals surface area contributed by atoms with E-state index in [4.69, 9.17) is 16.3 Å². The number of rotatable bonds is 7. The Labute approximate surface area is 108 Å². The Hall–Kier alpha value is -0.770. The summed E-state index contributed by atoms with van der Waals surface area (Å²) in [6.07, 6.45) is 0.532. The van der Waals surface area contributed by atoms with E-state index in [0.29, 0.717) is 23.4 Å². The minimum Gasteiger partial charge on any atom is -0.491 e. The summed E-state index contributed by atoms with van der Waals surface area (Å²) in [4.78, 5) is 0. The number of aliphatic hydroxyl groups excluding tert-OH is 1. The lowest BCUT2D eigenvalue weighted by Gasteiger charge is -2.16. The van der Waals surface area contributed by atoms with Crippen molar-refractivity contribution in [3.8, 4) is 5.75 Å². The molecule has 17 heavy (non-hydrogen) atoms. The predicted molar refractivity (Wildman–Crippen MR) is 70.7 cm³/mol. The molecule has 0 aliphatic carbocycles. The number of nitrogens with one attached hydrogen (secondary N) is 1. The molecule has 0 aliphatic rings. The van der Waals surface area contributed by atoms with E-state index in [-0.39, 0.29) is 6.61 Å². The van der Waals surface area contributed by atoms with Gasteiger partial charge >= 0.3 is 0 Å². The normalized spacial score (nSPS) is 14.4. The van der Waals surface area contributed by atoms with Gasteiger partial charge in [-0.05, 0) is 31.5 Å². The zero-order chi connectivity index (χ0) is 12.7. The van der Waals surface area contributed by atoms with Gasteiger partial charge in [-0.1, -0.05) is 24.6 Å². The van der Waals surface area contributed by atoms with Crippen LogP contribution >= 0.6 is 11.6 Å². The van der Waals surface area contributed by atoms with Gasteiger partial charge in [0.15, 0.2) is 0 Å². The molecule has 0 spiro atoms. The van der Waals surface area contributed by atoms with Crippen LogP contribution in [0.25, 0.3) is 0 Å². The van der Waals surface area contributed by atoms with Crippen molar-refractivity contribution in [2.24, 2.45) is 0 Å². The predicted octanol–water partition coefficient (Wildman–Crippen LogP) is 2.47. The fourth-order valence-electron chi connectivity index (χ4n) is 1.29. The molecule has 0 amide bonds. The Morgan fingerprint density at radius 3 is 2.88 bits per heavy atom. The van der Waals surface area contributed by atoms with Gasteiger partial charge in [-0.2, -0.15) is 0 Å². The van der Waals surface area contributed by atoms with Crippen LogP contribution in [0.2, 0.25) is 5.02 Å². The van der Waals surface area contributed by atoms with Crippen LogP contribution in [0.5, 0.6) is 5.75 Å². The molecule has 2 unspecified atom stereocenters. The van der Waals surface area contributed by atoms with Crippen molar-refractivity contribution in [2.45, 2.75) is 32.4 Å². The SMILES string of the molecule is CCC(C)NCC(O)COc1cccc(Cl)c1. The van der Waals surface area contributed by atoms with Crippen LogP contribution in [-0.4, -0.2) is 30.4 Å². The van der Waals surface area contributed by atoms with Gasteiger partial charge in [0.2, 0.25) is 0 Å². The second-order valence-electron chi connectivity index (χ2n) is 4.14. The summed E-state index contributed by atoms with van der Waals surface area (Å²) in [6, 6.07) is 7.57. The van der Waals surface area contributed by atoms with E-state index >= 15 is 0 Å². The molecule has 0 bridgehead atoms. The molecule has 3 nitrogen and oxygen atoms in total. The maximum atomic E-state index is 9.70. The molecule has 1 rings (SSSR count). The highest BCUT2D eigenvalue weighted by Crippen LogP contribution is 2.17. The highest BCUT2D eigenvalue weighted by atomic mass is 35.5. The van der Waals surface area contributed by atoms with Crippen molar-refractivity contribution in [1.82, 2.24) is 5.32 Å². The van der Waals surface area contributed by atoms with Crippen LogP contribution in [0.3, 0.4) is 0 Å². The largest absolute Gasteiger partial charge is 0.491 e. The van der Waals surface area contributed by atoms with Crippen molar-refractivity contribution < 1.29 is 9.84 Å². The first-order valence-electron chi connectivity index (χ1n) is 5.91. The van der Waals surface area contributed by atoms with Crippen LogP contribution in [0.15, 0.2) is 24.3 Å². The summed E-state index contributed by atoms with van der Waals surface area (Å²) < 4.78 is 5.44. The van der Waals surface area contributed by atoms with Gasteiger partial charge < -0.3 is 15.2 Å². The maximum Gasteiger partial charge on any atom is 0.120 e. The minimum atomic E-state index is -0.511. The summed E-state index contributed by atoms with van der Waals surface area (Å²) in [5.74, 6) is 0.681. The zero-order valence-corrected chi connectivity index (χ0v) is 11.1. The van der Waals surface area contributed by atoms with Gasteiger partial charge in [0.25, 0.3) is 0 Å². The van der Waals surface area contributed by atoms with Crippen molar-refractivity contribution in [3.63, 3.8) is 0 Å². The van der Waals surface area contributed by atoms with Gasteiger partial charge in [-0.3, -0.25) is 0 Å². The Bertz CT molecular complexity index is 333. The molecule has 2 atom stereocenters. The van der Waals surface area contributed by atoms with Gasteiger partial charge in [0.05, 0.1) is 0 Å². The van der Waals surface area contributed by atoms with Crippen molar-refractivity contribution >= 4 is 11.6 Å². The number of hydrogen-bond donors (Lipinski definition) is 2. The van der Waals surface area contributed by atoms with Gasteiger partial charge in [0.1, 0.15) is 18.5 Å². The molecule has 0 fully saturated rings. The summed E-state index contributed by atoms with van der Waals surface area (Å²) in [5.41, 5.74) is 0. The van der Waals surface area contributed by atoms with E-state index in [1.54, 1.807) is 12.1 Å². The zero-order valence-electron chi connectivity index (χ0n) is 10.3. The quantitative estimate of drug-likeness (QED) is 0.789. The van der Waals surface area contributed by atoms with Crippen molar-refractivity contribution in [1.29, 1.82) is 0 Å². The Balaban J connectivity index is 2.26. The molecule has 4 heteroatoms. The van der Waals surface area contributed by atoms with Crippen molar-refractivity contribution in [2.75, 3.05) is 13.2 Å². The number of ether oxygens (including phenoxy) is 1. The average molecular weight is 258 g/mol. The summed E-state index contributed by atoms with van der Waals surface area (Å²) in [5, 5.41) is 13.6. The second-order valence-corrected chi connectivity index (χ2v) is 4.58. The standard InChI is InChI=1S/C13H20ClNO2/c1-3-10(2)15-8-12(16)9-17-13-6-4-5-11(14)7-13/h4-7,10,12,15-16H,3,8-9H2,1-2H3. The topological polar surface area (TPSA) is 41.5 Å². The molecule has 1 aromatic rings. The highest BCUT2D eigenvalue weighted by molar-refractivity contribution is 6.30. The Morgan fingerprint density at radius 1 is 1.47 bits per heavy atom. The molecule has 2 N–H and O–H groups in total. The number of halogens is 1. The second kappa shape index (κ2) is 7.54. The monoisotopic (exact) mass is 257 g/mol. The van der Waals surface area contributed by atoms with E-state index < -0.39 is 6.10 Å². The van der Waals surface area contributed by atoms with E-state index in [0.717, 1.165) is 6.42 Å². The first kappa shape index (κ1) is 14.3.